The zero-order valence-electron chi connectivity index (χ0n) is 16.8. The second-order valence-corrected chi connectivity index (χ2v) is 10.9. The molecule has 0 saturated carbocycles. The number of rotatable bonds is 5. The molecular formula is C22H22ClN3O3S2. The number of thiophene rings is 1. The molecule has 1 aliphatic heterocycles. The molecule has 0 atom stereocenters. The predicted octanol–water partition coefficient (Wildman–Crippen LogP) is 4.77. The van der Waals surface area contributed by atoms with Crippen LogP contribution >= 0.6 is 22.9 Å². The Morgan fingerprint density at radius 2 is 1.97 bits per heavy atom. The summed E-state index contributed by atoms with van der Waals surface area (Å²) in [7, 11) is -3.86. The van der Waals surface area contributed by atoms with Crippen LogP contribution in [0.25, 0.3) is 21.1 Å². The van der Waals surface area contributed by atoms with Crippen molar-refractivity contribution in [1.82, 2.24) is 9.88 Å². The van der Waals surface area contributed by atoms with Crippen LogP contribution < -0.4 is 5.14 Å². The molecule has 5 rings (SSSR count). The van der Waals surface area contributed by atoms with Crippen molar-refractivity contribution >= 4 is 54.0 Å². The number of sulfonamides is 1. The molecular weight excluding hydrogens is 454 g/mol. The van der Waals surface area contributed by atoms with Gasteiger partial charge in [0.05, 0.1) is 11.0 Å². The Labute approximate surface area is 189 Å². The summed E-state index contributed by atoms with van der Waals surface area (Å²) in [6.07, 6.45) is 6.07. The van der Waals surface area contributed by atoms with Crippen LogP contribution in [0.1, 0.15) is 29.2 Å². The van der Waals surface area contributed by atoms with Gasteiger partial charge in [-0.15, -0.1) is 11.3 Å². The lowest BCUT2D eigenvalue weighted by Gasteiger charge is -2.31. The maximum Gasteiger partial charge on any atom is 0.239 e. The van der Waals surface area contributed by atoms with Gasteiger partial charge in [0.2, 0.25) is 10.0 Å². The van der Waals surface area contributed by atoms with Gasteiger partial charge in [-0.3, -0.25) is 0 Å². The first-order chi connectivity index (χ1) is 14.9. The number of para-hydroxylation sites is 1. The van der Waals surface area contributed by atoms with Crippen LogP contribution in [0.4, 0.5) is 0 Å². The number of piperidine rings is 1. The molecule has 6 nitrogen and oxygen atoms in total. The Kier molecular flexibility index (Phi) is 5.52. The van der Waals surface area contributed by atoms with Gasteiger partial charge in [0, 0.05) is 28.4 Å². The fourth-order valence-corrected chi connectivity index (χ4v) is 7.45. The lowest BCUT2D eigenvalue weighted by atomic mass is 9.94. The molecule has 2 N–H and O–H groups in total. The summed E-state index contributed by atoms with van der Waals surface area (Å²) in [5, 5.41) is 7.67. The largest absolute Gasteiger partial charge is 0.464 e. The SMILES string of the molecule is NS(=O)(=O)c1c(C2CCN(CCc3coc4ccccc34)CC2)sc2c(Cl)nccc12. The van der Waals surface area contributed by atoms with E-state index in [4.69, 9.17) is 21.2 Å². The van der Waals surface area contributed by atoms with Crippen molar-refractivity contribution in [2.45, 2.75) is 30.1 Å². The summed E-state index contributed by atoms with van der Waals surface area (Å²) in [5.74, 6) is 0.146. The van der Waals surface area contributed by atoms with Crippen molar-refractivity contribution in [3.05, 3.63) is 58.4 Å². The fourth-order valence-electron chi connectivity index (χ4n) is 4.47. The third kappa shape index (κ3) is 3.99. The maximum absolute atomic E-state index is 12.4. The standard InChI is InChI=1S/C22H22ClN3O3S2/c23-22-20-17(5-9-25-22)21(31(24,27)28)19(30-20)14-6-10-26(11-7-14)12-8-15-13-29-18-4-2-1-3-16(15)18/h1-5,9,13-14H,6-8,10-12H2,(H2,24,27,28). The predicted molar refractivity (Wildman–Crippen MR) is 124 cm³/mol. The minimum Gasteiger partial charge on any atom is -0.464 e. The van der Waals surface area contributed by atoms with Crippen molar-refractivity contribution in [2.24, 2.45) is 5.14 Å². The summed E-state index contributed by atoms with van der Waals surface area (Å²) < 4.78 is 31.1. The van der Waals surface area contributed by atoms with E-state index >= 15 is 0 Å². The molecule has 1 aliphatic rings. The van der Waals surface area contributed by atoms with Crippen molar-refractivity contribution in [2.75, 3.05) is 19.6 Å². The summed E-state index contributed by atoms with van der Waals surface area (Å²) in [6.45, 7) is 2.76. The summed E-state index contributed by atoms with van der Waals surface area (Å²) in [4.78, 5) is 7.56. The lowest BCUT2D eigenvalue weighted by Crippen LogP contribution is -2.34. The Balaban J connectivity index is 1.32. The van der Waals surface area contributed by atoms with Gasteiger partial charge in [-0.05, 0) is 56.0 Å². The van der Waals surface area contributed by atoms with Gasteiger partial charge in [-0.25, -0.2) is 18.5 Å². The van der Waals surface area contributed by atoms with Crippen LogP contribution in [0.3, 0.4) is 0 Å². The molecule has 9 heteroatoms. The highest BCUT2D eigenvalue weighted by atomic mass is 35.5. The normalized spacial score (nSPS) is 16.5. The van der Waals surface area contributed by atoms with E-state index in [1.165, 1.54) is 28.5 Å². The highest BCUT2D eigenvalue weighted by molar-refractivity contribution is 7.89. The van der Waals surface area contributed by atoms with E-state index in [0.717, 1.165) is 49.4 Å². The van der Waals surface area contributed by atoms with Crippen LogP contribution in [0.2, 0.25) is 5.15 Å². The number of benzene rings is 1. The zero-order chi connectivity index (χ0) is 21.6. The number of nitrogens with zero attached hydrogens (tertiary/aromatic N) is 2. The first-order valence-electron chi connectivity index (χ1n) is 10.2. The van der Waals surface area contributed by atoms with Crippen LogP contribution in [-0.2, 0) is 16.4 Å². The molecule has 0 unspecified atom stereocenters. The van der Waals surface area contributed by atoms with Crippen molar-refractivity contribution in [1.29, 1.82) is 0 Å². The minimum absolute atomic E-state index is 0.146. The van der Waals surface area contributed by atoms with E-state index in [-0.39, 0.29) is 10.8 Å². The van der Waals surface area contributed by atoms with Crippen molar-refractivity contribution in [3.63, 3.8) is 0 Å². The highest BCUT2D eigenvalue weighted by Gasteiger charge is 2.30. The second kappa shape index (κ2) is 8.18. The molecule has 1 fully saturated rings. The average Bonchev–Trinajstić information content (AvgIpc) is 3.35. The lowest BCUT2D eigenvalue weighted by molar-refractivity contribution is 0.215. The molecule has 4 heterocycles. The van der Waals surface area contributed by atoms with Crippen molar-refractivity contribution in [3.8, 4) is 0 Å². The van der Waals surface area contributed by atoms with E-state index in [0.29, 0.717) is 15.2 Å². The Morgan fingerprint density at radius 3 is 2.74 bits per heavy atom. The third-order valence-corrected chi connectivity index (χ3v) is 8.95. The topological polar surface area (TPSA) is 89.4 Å². The summed E-state index contributed by atoms with van der Waals surface area (Å²) >= 11 is 7.65. The number of halogens is 1. The van der Waals surface area contributed by atoms with Gasteiger partial charge >= 0.3 is 0 Å². The van der Waals surface area contributed by atoms with Gasteiger partial charge in [-0.2, -0.15) is 0 Å². The number of hydrogen-bond acceptors (Lipinski definition) is 6. The second-order valence-electron chi connectivity index (χ2n) is 7.94. The first-order valence-corrected chi connectivity index (χ1v) is 12.9. The molecule has 162 valence electrons. The first kappa shape index (κ1) is 20.9. The van der Waals surface area contributed by atoms with Gasteiger partial charge in [0.25, 0.3) is 0 Å². The number of aromatic nitrogens is 1. The van der Waals surface area contributed by atoms with Gasteiger partial charge < -0.3 is 9.32 Å². The number of nitrogens with two attached hydrogens (primary N) is 1. The number of pyridine rings is 1. The smallest absolute Gasteiger partial charge is 0.239 e. The van der Waals surface area contributed by atoms with E-state index in [9.17, 15) is 8.42 Å². The molecule has 3 aromatic heterocycles. The van der Waals surface area contributed by atoms with Crippen LogP contribution in [-0.4, -0.2) is 37.9 Å². The van der Waals surface area contributed by atoms with Gasteiger partial charge in [-0.1, -0.05) is 29.8 Å². The van der Waals surface area contributed by atoms with Gasteiger partial charge in [0.15, 0.2) is 0 Å². The molecule has 0 bridgehead atoms. The number of furan rings is 1. The molecule has 1 saturated heterocycles. The quantitative estimate of drug-likeness (QED) is 0.420. The molecule has 0 amide bonds. The van der Waals surface area contributed by atoms with E-state index < -0.39 is 10.0 Å². The highest BCUT2D eigenvalue weighted by Crippen LogP contribution is 2.44. The van der Waals surface area contributed by atoms with Crippen LogP contribution in [0.15, 0.2) is 52.1 Å². The Morgan fingerprint density at radius 1 is 1.19 bits per heavy atom. The van der Waals surface area contributed by atoms with Crippen molar-refractivity contribution < 1.29 is 12.8 Å². The van der Waals surface area contributed by atoms with Crippen LogP contribution in [0.5, 0.6) is 0 Å². The maximum atomic E-state index is 12.4. The number of fused-ring (bicyclic) bond motifs is 2. The fraction of sp³-hybridized carbons (Fsp3) is 0.318. The molecule has 4 aromatic rings. The Bertz CT molecular complexity index is 1360. The molecule has 0 spiro atoms. The van der Waals surface area contributed by atoms with Crippen LogP contribution in [0, 0.1) is 0 Å². The monoisotopic (exact) mass is 475 g/mol. The zero-order valence-corrected chi connectivity index (χ0v) is 19.1. The molecule has 0 aliphatic carbocycles. The minimum atomic E-state index is -3.86. The molecule has 0 radical (unpaired) electrons. The van der Waals surface area contributed by atoms with Gasteiger partial charge in [0.1, 0.15) is 15.6 Å². The number of primary sulfonamides is 1. The van der Waals surface area contributed by atoms with E-state index in [2.05, 4.69) is 16.0 Å². The summed E-state index contributed by atoms with van der Waals surface area (Å²) in [6, 6.07) is 9.78. The molecule has 1 aromatic carbocycles. The third-order valence-electron chi connectivity index (χ3n) is 6.04. The molecule has 31 heavy (non-hydrogen) atoms. The van der Waals surface area contributed by atoms with E-state index in [1.54, 1.807) is 6.07 Å². The number of likely N-dealkylation sites (tertiary alicyclic amines) is 1. The number of hydrogen-bond donors (Lipinski definition) is 1. The summed E-state index contributed by atoms with van der Waals surface area (Å²) in [5.41, 5.74) is 2.14. The Hall–Kier alpha value is -1.97. The van der Waals surface area contributed by atoms with E-state index in [1.807, 2.05) is 24.5 Å². The average molecular weight is 476 g/mol.